The standard InChI is InChI=1S/C16H30O/c1-12(11-17)5-4-8-16(3)10-14-6-7-15(9-14)13(16)2/h12-15,17H,4-11H2,1-3H3/t12?,13-,14-,15-,16-/m0/s1. The minimum absolute atomic E-state index is 0.359. The summed E-state index contributed by atoms with van der Waals surface area (Å²) >= 11 is 0. The average Bonchev–Trinajstić information content (AvgIpc) is 2.71. The van der Waals surface area contributed by atoms with E-state index in [4.69, 9.17) is 5.11 Å². The summed E-state index contributed by atoms with van der Waals surface area (Å²) < 4.78 is 0. The molecule has 2 saturated carbocycles. The number of aliphatic hydroxyl groups excluding tert-OH is 1. The summed E-state index contributed by atoms with van der Waals surface area (Å²) in [5.41, 5.74) is 0.596. The van der Waals surface area contributed by atoms with E-state index in [9.17, 15) is 0 Å². The van der Waals surface area contributed by atoms with Gasteiger partial charge in [-0.3, -0.25) is 0 Å². The first-order chi connectivity index (χ1) is 8.05. The number of aliphatic hydroxyl groups is 1. The van der Waals surface area contributed by atoms with Gasteiger partial charge in [-0.05, 0) is 61.2 Å². The van der Waals surface area contributed by atoms with Gasteiger partial charge in [-0.15, -0.1) is 0 Å². The van der Waals surface area contributed by atoms with Gasteiger partial charge in [-0.1, -0.05) is 33.6 Å². The molecule has 2 bridgehead atoms. The number of hydrogen-bond donors (Lipinski definition) is 1. The lowest BCUT2D eigenvalue weighted by atomic mass is 9.61. The van der Waals surface area contributed by atoms with Gasteiger partial charge < -0.3 is 5.11 Å². The number of fused-ring (bicyclic) bond motifs is 2. The van der Waals surface area contributed by atoms with Crippen LogP contribution in [0.15, 0.2) is 0 Å². The number of hydrogen-bond acceptors (Lipinski definition) is 1. The summed E-state index contributed by atoms with van der Waals surface area (Å²) in [7, 11) is 0. The van der Waals surface area contributed by atoms with Crippen molar-refractivity contribution in [3.8, 4) is 0 Å². The SMILES string of the molecule is CC(CO)CCC[C@@]1(C)C[C@H]2CC[C@@H](C2)[C@@H]1C. The lowest BCUT2D eigenvalue weighted by Crippen LogP contribution is -2.35. The quantitative estimate of drug-likeness (QED) is 0.759. The second kappa shape index (κ2) is 5.30. The summed E-state index contributed by atoms with van der Waals surface area (Å²) in [6.07, 6.45) is 9.87. The van der Waals surface area contributed by atoms with Crippen LogP contribution in [0.5, 0.6) is 0 Å². The van der Waals surface area contributed by atoms with Crippen LogP contribution in [0.2, 0.25) is 0 Å². The molecule has 1 N–H and O–H groups in total. The highest BCUT2D eigenvalue weighted by molar-refractivity contribution is 4.96. The molecule has 1 unspecified atom stereocenters. The minimum Gasteiger partial charge on any atom is -0.396 e. The monoisotopic (exact) mass is 238 g/mol. The largest absolute Gasteiger partial charge is 0.396 e. The topological polar surface area (TPSA) is 20.2 Å². The third kappa shape index (κ3) is 2.86. The van der Waals surface area contributed by atoms with Gasteiger partial charge in [0.1, 0.15) is 0 Å². The molecule has 0 heterocycles. The van der Waals surface area contributed by atoms with Crippen LogP contribution in [0.3, 0.4) is 0 Å². The first kappa shape index (κ1) is 13.4. The van der Waals surface area contributed by atoms with Crippen LogP contribution in [0.25, 0.3) is 0 Å². The van der Waals surface area contributed by atoms with Crippen LogP contribution in [-0.4, -0.2) is 11.7 Å². The molecule has 0 aliphatic heterocycles. The molecule has 0 amide bonds. The summed E-state index contributed by atoms with van der Waals surface area (Å²) in [5.74, 6) is 3.48. The third-order valence-corrected chi connectivity index (χ3v) is 5.90. The van der Waals surface area contributed by atoms with Crippen molar-refractivity contribution in [2.45, 2.75) is 65.7 Å². The van der Waals surface area contributed by atoms with E-state index in [1.807, 2.05) is 0 Å². The molecule has 17 heavy (non-hydrogen) atoms. The Hall–Kier alpha value is -0.0400. The van der Waals surface area contributed by atoms with Gasteiger partial charge in [0, 0.05) is 6.61 Å². The minimum atomic E-state index is 0.359. The lowest BCUT2D eigenvalue weighted by molar-refractivity contribution is 0.0570. The van der Waals surface area contributed by atoms with Gasteiger partial charge in [0.25, 0.3) is 0 Å². The Bertz CT molecular complexity index is 250. The fourth-order valence-corrected chi connectivity index (χ4v) is 4.44. The second-order valence-electron chi connectivity index (χ2n) is 7.27. The highest BCUT2D eigenvalue weighted by atomic mass is 16.3. The van der Waals surface area contributed by atoms with Crippen LogP contribution in [0.4, 0.5) is 0 Å². The van der Waals surface area contributed by atoms with E-state index in [1.54, 1.807) is 0 Å². The van der Waals surface area contributed by atoms with E-state index in [0.29, 0.717) is 17.9 Å². The maximum Gasteiger partial charge on any atom is 0.0456 e. The molecule has 0 aromatic carbocycles. The molecule has 0 spiro atoms. The molecule has 0 aromatic rings. The molecule has 100 valence electrons. The van der Waals surface area contributed by atoms with Crippen LogP contribution in [0, 0.1) is 29.1 Å². The van der Waals surface area contributed by atoms with Crippen molar-refractivity contribution in [2.24, 2.45) is 29.1 Å². The van der Waals surface area contributed by atoms with Crippen molar-refractivity contribution in [1.29, 1.82) is 0 Å². The van der Waals surface area contributed by atoms with Crippen LogP contribution < -0.4 is 0 Å². The van der Waals surface area contributed by atoms with Crippen molar-refractivity contribution >= 4 is 0 Å². The molecule has 2 aliphatic carbocycles. The van der Waals surface area contributed by atoms with Gasteiger partial charge in [0.05, 0.1) is 0 Å². The van der Waals surface area contributed by atoms with Crippen molar-refractivity contribution < 1.29 is 5.11 Å². The van der Waals surface area contributed by atoms with Gasteiger partial charge in [0.2, 0.25) is 0 Å². The summed E-state index contributed by atoms with van der Waals surface area (Å²) in [6, 6.07) is 0. The Morgan fingerprint density at radius 3 is 2.82 bits per heavy atom. The smallest absolute Gasteiger partial charge is 0.0456 e. The molecule has 2 rings (SSSR count). The van der Waals surface area contributed by atoms with Crippen molar-refractivity contribution in [3.63, 3.8) is 0 Å². The van der Waals surface area contributed by atoms with E-state index in [1.165, 1.54) is 44.9 Å². The first-order valence-electron chi connectivity index (χ1n) is 7.66. The van der Waals surface area contributed by atoms with Crippen LogP contribution >= 0.6 is 0 Å². The molecule has 5 atom stereocenters. The van der Waals surface area contributed by atoms with Gasteiger partial charge in [0.15, 0.2) is 0 Å². The Morgan fingerprint density at radius 1 is 1.35 bits per heavy atom. The highest BCUT2D eigenvalue weighted by Crippen LogP contribution is 2.55. The average molecular weight is 238 g/mol. The normalized spacial score (nSPS) is 42.7. The zero-order chi connectivity index (χ0) is 12.5. The molecule has 2 aliphatic rings. The third-order valence-electron chi connectivity index (χ3n) is 5.90. The second-order valence-corrected chi connectivity index (χ2v) is 7.27. The molecule has 1 heteroatoms. The lowest BCUT2D eigenvalue weighted by Gasteiger charge is -2.44. The van der Waals surface area contributed by atoms with Crippen molar-refractivity contribution in [2.75, 3.05) is 6.61 Å². The van der Waals surface area contributed by atoms with Gasteiger partial charge >= 0.3 is 0 Å². The maximum atomic E-state index is 9.08. The molecule has 0 radical (unpaired) electrons. The molecular weight excluding hydrogens is 208 g/mol. The first-order valence-corrected chi connectivity index (χ1v) is 7.66. The summed E-state index contributed by atoms with van der Waals surface area (Å²) in [6.45, 7) is 7.56. The molecular formula is C16H30O. The Balaban J connectivity index is 1.85. The van der Waals surface area contributed by atoms with Gasteiger partial charge in [-0.25, -0.2) is 0 Å². The van der Waals surface area contributed by atoms with Crippen LogP contribution in [-0.2, 0) is 0 Å². The zero-order valence-electron chi connectivity index (χ0n) is 11.9. The van der Waals surface area contributed by atoms with Crippen LogP contribution in [0.1, 0.15) is 65.7 Å². The van der Waals surface area contributed by atoms with E-state index in [0.717, 1.165) is 17.8 Å². The Kier molecular flexibility index (Phi) is 4.18. The fraction of sp³-hybridized carbons (Fsp3) is 1.00. The zero-order valence-corrected chi connectivity index (χ0v) is 11.9. The number of rotatable bonds is 5. The van der Waals surface area contributed by atoms with E-state index >= 15 is 0 Å². The molecule has 0 aromatic heterocycles. The maximum absolute atomic E-state index is 9.08. The van der Waals surface area contributed by atoms with E-state index in [-0.39, 0.29) is 0 Å². The Labute approximate surface area is 107 Å². The molecule has 0 saturated heterocycles. The molecule has 2 fully saturated rings. The van der Waals surface area contributed by atoms with Crippen molar-refractivity contribution in [3.05, 3.63) is 0 Å². The predicted molar refractivity (Wildman–Crippen MR) is 72.8 cm³/mol. The Morgan fingerprint density at radius 2 is 2.12 bits per heavy atom. The summed E-state index contributed by atoms with van der Waals surface area (Å²) in [5, 5.41) is 9.08. The fourth-order valence-electron chi connectivity index (χ4n) is 4.44. The highest BCUT2D eigenvalue weighted by Gasteiger charge is 2.45. The van der Waals surface area contributed by atoms with E-state index < -0.39 is 0 Å². The van der Waals surface area contributed by atoms with Crippen molar-refractivity contribution in [1.82, 2.24) is 0 Å². The van der Waals surface area contributed by atoms with Gasteiger partial charge in [-0.2, -0.15) is 0 Å². The summed E-state index contributed by atoms with van der Waals surface area (Å²) in [4.78, 5) is 0. The molecule has 1 nitrogen and oxygen atoms in total. The predicted octanol–water partition coefficient (Wildman–Crippen LogP) is 4.25. The van der Waals surface area contributed by atoms with E-state index in [2.05, 4.69) is 20.8 Å².